The molecule has 0 saturated carbocycles. The van der Waals surface area contributed by atoms with Crippen LogP contribution in [0.4, 0.5) is 5.82 Å². The van der Waals surface area contributed by atoms with Gasteiger partial charge in [0.25, 0.3) is 0 Å². The first kappa shape index (κ1) is 30.3. The summed E-state index contributed by atoms with van der Waals surface area (Å²) in [6, 6.07) is 15.4. The number of hydrogen-bond donors (Lipinski definition) is 2. The lowest BCUT2D eigenvalue weighted by atomic mass is 10.0. The van der Waals surface area contributed by atoms with E-state index in [9.17, 15) is 5.11 Å². The Kier molecular flexibility index (Phi) is 9.47. The third kappa shape index (κ3) is 5.74. The average molecular weight is 606 g/mol. The zero-order chi connectivity index (χ0) is 24.9. The summed E-state index contributed by atoms with van der Waals surface area (Å²) < 4.78 is 6.24. The number of halogens is 3. The standard InChI is InChI=1S/C29H32N6O2.3ClH/c1-34-10-4-6-21(34)17-37-29-32-27-13-26(24-12-22(36)11-18-5-2-3-7-23(18)24)30-14-25(27)28(33-29)35-15-19-8-9-20(16-35)31-19;;;/h2-3,5,7,11-14,19-21,31,36H,4,6,8-10,15-17H2,1H3;3*1H/t19?,20?,21-;;;/m0.../s1. The average Bonchev–Trinajstić information content (AvgIpc) is 3.49. The molecule has 8 nitrogen and oxygen atoms in total. The number of fused-ring (bicyclic) bond motifs is 4. The minimum absolute atomic E-state index is 0. The van der Waals surface area contributed by atoms with Crippen LogP contribution in [0.5, 0.6) is 11.8 Å². The first-order valence-corrected chi connectivity index (χ1v) is 13.3. The van der Waals surface area contributed by atoms with Gasteiger partial charge in [0.1, 0.15) is 18.2 Å². The van der Waals surface area contributed by atoms with Gasteiger partial charge >= 0.3 is 6.01 Å². The van der Waals surface area contributed by atoms with Crippen molar-refractivity contribution in [1.82, 2.24) is 25.2 Å². The van der Waals surface area contributed by atoms with Crippen molar-refractivity contribution in [2.45, 2.75) is 43.8 Å². The fraction of sp³-hybridized carbons (Fsp3) is 0.414. The highest BCUT2D eigenvalue weighted by Crippen LogP contribution is 2.35. The van der Waals surface area contributed by atoms with E-state index in [-0.39, 0.29) is 43.0 Å². The topological polar surface area (TPSA) is 86.6 Å². The molecular formula is C29H35Cl3N6O2. The summed E-state index contributed by atoms with van der Waals surface area (Å²) >= 11 is 0. The number of nitrogens with zero attached hydrogens (tertiary/aromatic N) is 5. The molecule has 3 fully saturated rings. The van der Waals surface area contributed by atoms with Crippen molar-refractivity contribution in [3.63, 3.8) is 0 Å². The Morgan fingerprint density at radius 3 is 2.50 bits per heavy atom. The molecule has 40 heavy (non-hydrogen) atoms. The van der Waals surface area contributed by atoms with Gasteiger partial charge in [0.15, 0.2) is 0 Å². The molecule has 0 aliphatic carbocycles. The Hall–Kier alpha value is -2.62. The zero-order valence-corrected chi connectivity index (χ0v) is 24.8. The van der Waals surface area contributed by atoms with Gasteiger partial charge in [-0.15, -0.1) is 37.2 Å². The lowest BCUT2D eigenvalue weighted by molar-refractivity contribution is 0.188. The molecule has 2 aromatic heterocycles. The monoisotopic (exact) mass is 604 g/mol. The van der Waals surface area contributed by atoms with Crippen molar-refractivity contribution in [1.29, 1.82) is 0 Å². The van der Waals surface area contributed by atoms with Crippen molar-refractivity contribution >= 4 is 64.7 Å². The number of ether oxygens (including phenoxy) is 1. The van der Waals surface area contributed by atoms with Crippen LogP contribution in [0.2, 0.25) is 0 Å². The number of anilines is 1. The van der Waals surface area contributed by atoms with Crippen molar-refractivity contribution in [2.24, 2.45) is 0 Å². The van der Waals surface area contributed by atoms with E-state index >= 15 is 0 Å². The summed E-state index contributed by atoms with van der Waals surface area (Å²) in [5.41, 5.74) is 2.46. The van der Waals surface area contributed by atoms with Crippen LogP contribution in [0, 0.1) is 0 Å². The zero-order valence-electron chi connectivity index (χ0n) is 22.3. The molecule has 3 aliphatic heterocycles. The van der Waals surface area contributed by atoms with Gasteiger partial charge in [-0.25, -0.2) is 0 Å². The Morgan fingerprint density at radius 2 is 1.75 bits per heavy atom. The van der Waals surface area contributed by atoms with Crippen LogP contribution in [-0.4, -0.2) is 76.4 Å². The normalized spacial score (nSPS) is 22.0. The van der Waals surface area contributed by atoms with Crippen molar-refractivity contribution in [3.05, 3.63) is 48.7 Å². The number of nitrogens with one attached hydrogen (secondary N) is 1. The van der Waals surface area contributed by atoms with E-state index in [4.69, 9.17) is 19.7 Å². The molecule has 0 radical (unpaired) electrons. The van der Waals surface area contributed by atoms with E-state index in [1.165, 1.54) is 19.3 Å². The van der Waals surface area contributed by atoms with Gasteiger partial charge in [-0.3, -0.25) is 4.98 Å². The van der Waals surface area contributed by atoms with E-state index in [1.807, 2.05) is 30.5 Å². The van der Waals surface area contributed by atoms with Crippen LogP contribution < -0.4 is 15.0 Å². The highest BCUT2D eigenvalue weighted by Gasteiger charge is 2.34. The maximum Gasteiger partial charge on any atom is 0.319 e. The van der Waals surface area contributed by atoms with E-state index in [0.29, 0.717) is 30.7 Å². The number of pyridine rings is 1. The molecule has 11 heteroatoms. The molecule has 7 rings (SSSR count). The molecule has 3 saturated heterocycles. The van der Waals surface area contributed by atoms with Gasteiger partial charge < -0.3 is 25.0 Å². The second-order valence-electron chi connectivity index (χ2n) is 10.8. The van der Waals surface area contributed by atoms with Gasteiger partial charge in [0.05, 0.1) is 16.6 Å². The van der Waals surface area contributed by atoms with Gasteiger partial charge in [-0.05, 0) is 68.2 Å². The van der Waals surface area contributed by atoms with Gasteiger partial charge in [-0.2, -0.15) is 9.97 Å². The van der Waals surface area contributed by atoms with Crippen LogP contribution >= 0.6 is 37.2 Å². The third-order valence-corrected chi connectivity index (χ3v) is 8.26. The number of phenolic OH excluding ortho intramolecular Hbond substituents is 1. The molecule has 214 valence electrons. The Morgan fingerprint density at radius 1 is 0.975 bits per heavy atom. The van der Waals surface area contributed by atoms with Crippen LogP contribution in [0.1, 0.15) is 25.7 Å². The van der Waals surface area contributed by atoms with E-state index in [2.05, 4.69) is 28.2 Å². The number of hydrogen-bond acceptors (Lipinski definition) is 8. The van der Waals surface area contributed by atoms with Gasteiger partial charge in [0, 0.05) is 43.0 Å². The van der Waals surface area contributed by atoms with Crippen molar-refractivity contribution < 1.29 is 9.84 Å². The lowest BCUT2D eigenvalue weighted by Crippen LogP contribution is -2.51. The molecule has 4 aromatic rings. The van der Waals surface area contributed by atoms with E-state index in [1.54, 1.807) is 12.1 Å². The number of piperazine rings is 1. The predicted octanol–water partition coefficient (Wildman–Crippen LogP) is 5.23. The van der Waals surface area contributed by atoms with Crippen molar-refractivity contribution in [2.75, 3.05) is 38.2 Å². The van der Waals surface area contributed by atoms with Crippen LogP contribution in [0.15, 0.2) is 48.7 Å². The maximum absolute atomic E-state index is 10.4. The predicted molar refractivity (Wildman–Crippen MR) is 167 cm³/mol. The first-order chi connectivity index (χ1) is 18.1. The number of likely N-dealkylation sites (N-methyl/N-ethyl adjacent to an activating group) is 1. The number of benzene rings is 2. The first-order valence-electron chi connectivity index (χ1n) is 13.3. The number of likely N-dealkylation sites (tertiary alicyclic amines) is 1. The summed E-state index contributed by atoms with van der Waals surface area (Å²) in [5.74, 6) is 1.12. The molecule has 3 atom stereocenters. The smallest absolute Gasteiger partial charge is 0.319 e. The Balaban J connectivity index is 0.00000123. The molecule has 0 amide bonds. The maximum atomic E-state index is 10.4. The SMILES string of the molecule is CN1CCC[C@H]1COc1nc(N2CC3CCC(C2)N3)c2cnc(-c3cc(O)cc4ccccc34)cc2n1.Cl.Cl.Cl. The minimum atomic E-state index is 0. The Bertz CT molecular complexity index is 1480. The molecule has 2 unspecified atom stereocenters. The summed E-state index contributed by atoms with van der Waals surface area (Å²) in [5, 5.41) is 17.1. The number of aromatic nitrogens is 3. The summed E-state index contributed by atoms with van der Waals surface area (Å²) in [7, 11) is 2.15. The molecule has 5 heterocycles. The number of phenols is 1. The number of rotatable bonds is 5. The summed E-state index contributed by atoms with van der Waals surface area (Å²) in [6.07, 6.45) is 6.63. The highest BCUT2D eigenvalue weighted by molar-refractivity contribution is 5.99. The fourth-order valence-corrected chi connectivity index (χ4v) is 6.28. The van der Waals surface area contributed by atoms with Crippen LogP contribution in [0.3, 0.4) is 0 Å². The molecule has 3 aliphatic rings. The molecule has 2 aromatic carbocycles. The summed E-state index contributed by atoms with van der Waals surface area (Å²) in [6.45, 7) is 3.54. The fourth-order valence-electron chi connectivity index (χ4n) is 6.28. The molecule has 2 N–H and O–H groups in total. The molecule has 0 spiro atoms. The van der Waals surface area contributed by atoms with Gasteiger partial charge in [-0.1, -0.05) is 24.3 Å². The third-order valence-electron chi connectivity index (χ3n) is 8.26. The quantitative estimate of drug-likeness (QED) is 0.320. The largest absolute Gasteiger partial charge is 0.508 e. The molecular weight excluding hydrogens is 571 g/mol. The Labute approximate surface area is 252 Å². The van der Waals surface area contributed by atoms with Crippen LogP contribution in [0.25, 0.3) is 32.9 Å². The summed E-state index contributed by atoms with van der Waals surface area (Å²) in [4.78, 5) is 19.4. The minimum Gasteiger partial charge on any atom is -0.508 e. The van der Waals surface area contributed by atoms with E-state index < -0.39 is 0 Å². The van der Waals surface area contributed by atoms with E-state index in [0.717, 1.165) is 64.8 Å². The van der Waals surface area contributed by atoms with Crippen LogP contribution in [-0.2, 0) is 0 Å². The van der Waals surface area contributed by atoms with Crippen molar-refractivity contribution in [3.8, 4) is 23.0 Å². The number of aromatic hydroxyl groups is 1. The second kappa shape index (κ2) is 12.5. The second-order valence-corrected chi connectivity index (χ2v) is 10.8. The highest BCUT2D eigenvalue weighted by atomic mass is 35.5. The molecule has 2 bridgehead atoms. The lowest BCUT2D eigenvalue weighted by Gasteiger charge is -2.34. The van der Waals surface area contributed by atoms with Gasteiger partial charge in [0.2, 0.25) is 0 Å².